The zero-order chi connectivity index (χ0) is 15.7. The van der Waals surface area contributed by atoms with Crippen molar-refractivity contribution in [2.45, 2.75) is 25.8 Å². The largest absolute Gasteiger partial charge is 0.478 e. The Morgan fingerprint density at radius 3 is 2.86 bits per heavy atom. The summed E-state index contributed by atoms with van der Waals surface area (Å²) in [5.74, 6) is 2.40. The first kappa shape index (κ1) is 14.8. The van der Waals surface area contributed by atoms with Crippen LogP contribution in [0.1, 0.15) is 24.4 Å². The van der Waals surface area contributed by atoms with Gasteiger partial charge in [0.25, 0.3) is 0 Å². The normalized spacial score (nSPS) is 21.4. The third kappa shape index (κ3) is 2.89. The number of nitrogens with two attached hydrogens (primary N) is 1. The van der Waals surface area contributed by atoms with Crippen molar-refractivity contribution in [3.05, 3.63) is 30.1 Å². The number of aryl methyl sites for hydroxylation is 2. The Morgan fingerprint density at radius 1 is 1.36 bits per heavy atom. The molecule has 118 valence electrons. The number of aromatic nitrogens is 4. The van der Waals surface area contributed by atoms with E-state index in [-0.39, 0.29) is 12.0 Å². The van der Waals surface area contributed by atoms with Gasteiger partial charge in [-0.2, -0.15) is 4.98 Å². The quantitative estimate of drug-likeness (QED) is 0.901. The zero-order valence-corrected chi connectivity index (χ0v) is 13.2. The monoisotopic (exact) mass is 302 g/mol. The van der Waals surface area contributed by atoms with Gasteiger partial charge in [0.1, 0.15) is 11.6 Å². The second kappa shape index (κ2) is 5.92. The number of hydrogen-bond donors (Lipinski definition) is 1. The molecule has 0 saturated carbocycles. The molecule has 2 aromatic rings. The number of rotatable bonds is 4. The number of imidazole rings is 1. The average molecular weight is 302 g/mol. The fraction of sp³-hybridized carbons (Fsp3) is 0.533. The summed E-state index contributed by atoms with van der Waals surface area (Å²) in [6.07, 6.45) is 3.84. The molecule has 2 atom stereocenters. The molecule has 1 fully saturated rings. The summed E-state index contributed by atoms with van der Waals surface area (Å²) in [5.41, 5.74) is 7.35. The molecule has 2 aromatic heterocycles. The highest BCUT2D eigenvalue weighted by atomic mass is 16.5. The minimum atomic E-state index is 0.0423. The summed E-state index contributed by atoms with van der Waals surface area (Å²) in [5, 5.41) is 0. The lowest BCUT2D eigenvalue weighted by Crippen LogP contribution is -2.29. The van der Waals surface area contributed by atoms with Crippen molar-refractivity contribution in [1.82, 2.24) is 19.5 Å². The molecule has 7 heteroatoms. The van der Waals surface area contributed by atoms with E-state index in [9.17, 15) is 0 Å². The Labute approximate surface area is 130 Å². The Morgan fingerprint density at radius 2 is 2.18 bits per heavy atom. The molecular formula is C15H22N6O. The number of hydrogen-bond acceptors (Lipinski definition) is 6. The Bertz CT molecular complexity index is 655. The molecular weight excluding hydrogens is 280 g/mol. The average Bonchev–Trinajstić information content (AvgIpc) is 3.04. The van der Waals surface area contributed by atoms with E-state index >= 15 is 0 Å². The van der Waals surface area contributed by atoms with Crippen molar-refractivity contribution in [3.63, 3.8) is 0 Å². The molecule has 0 bridgehead atoms. The van der Waals surface area contributed by atoms with Crippen molar-refractivity contribution < 1.29 is 4.74 Å². The zero-order valence-electron chi connectivity index (χ0n) is 13.2. The van der Waals surface area contributed by atoms with Gasteiger partial charge < -0.3 is 19.9 Å². The van der Waals surface area contributed by atoms with E-state index in [2.05, 4.69) is 19.9 Å². The number of anilines is 1. The first-order valence-electron chi connectivity index (χ1n) is 7.53. The SMILES string of the molecule is CCOc1cc(N2C[C@@H](N)[C@H](c3cn(C)cn3)C2)nc(C)n1. The molecule has 3 heterocycles. The van der Waals surface area contributed by atoms with E-state index in [1.807, 2.05) is 44.1 Å². The van der Waals surface area contributed by atoms with Gasteiger partial charge >= 0.3 is 0 Å². The van der Waals surface area contributed by atoms with E-state index in [0.717, 1.165) is 24.6 Å². The Hall–Kier alpha value is -2.15. The Balaban J connectivity index is 1.82. The third-order valence-corrected chi connectivity index (χ3v) is 3.89. The van der Waals surface area contributed by atoms with Crippen LogP contribution in [0.2, 0.25) is 0 Å². The molecule has 1 saturated heterocycles. The minimum absolute atomic E-state index is 0.0423. The lowest BCUT2D eigenvalue weighted by molar-refractivity contribution is 0.325. The van der Waals surface area contributed by atoms with E-state index in [0.29, 0.717) is 18.3 Å². The maximum Gasteiger partial charge on any atom is 0.218 e. The van der Waals surface area contributed by atoms with Crippen LogP contribution in [-0.2, 0) is 7.05 Å². The predicted molar refractivity (Wildman–Crippen MR) is 84.1 cm³/mol. The van der Waals surface area contributed by atoms with Gasteiger partial charge in [-0.15, -0.1) is 0 Å². The second-order valence-corrected chi connectivity index (χ2v) is 5.68. The van der Waals surface area contributed by atoms with Gasteiger partial charge in [-0.3, -0.25) is 0 Å². The molecule has 3 rings (SSSR count). The first-order valence-corrected chi connectivity index (χ1v) is 7.53. The molecule has 7 nitrogen and oxygen atoms in total. The van der Waals surface area contributed by atoms with Crippen LogP contribution in [0.25, 0.3) is 0 Å². The second-order valence-electron chi connectivity index (χ2n) is 5.68. The Kier molecular flexibility index (Phi) is 3.98. The molecule has 1 aliphatic rings. The van der Waals surface area contributed by atoms with Crippen LogP contribution in [0.15, 0.2) is 18.6 Å². The van der Waals surface area contributed by atoms with Crippen LogP contribution < -0.4 is 15.4 Å². The minimum Gasteiger partial charge on any atom is -0.478 e. The van der Waals surface area contributed by atoms with Crippen LogP contribution in [0.5, 0.6) is 5.88 Å². The highest BCUT2D eigenvalue weighted by Gasteiger charge is 2.33. The molecule has 2 N–H and O–H groups in total. The van der Waals surface area contributed by atoms with Gasteiger partial charge in [-0.05, 0) is 13.8 Å². The molecule has 0 spiro atoms. The number of ether oxygens (including phenoxy) is 1. The van der Waals surface area contributed by atoms with Crippen molar-refractivity contribution in [3.8, 4) is 5.88 Å². The van der Waals surface area contributed by atoms with E-state index in [1.165, 1.54) is 0 Å². The molecule has 0 amide bonds. The van der Waals surface area contributed by atoms with Crippen molar-refractivity contribution >= 4 is 5.82 Å². The summed E-state index contributed by atoms with van der Waals surface area (Å²) < 4.78 is 7.45. The molecule has 0 unspecified atom stereocenters. The van der Waals surface area contributed by atoms with Gasteiger partial charge in [0.05, 0.1) is 18.6 Å². The standard InChI is InChI=1S/C15H22N6O/c1-4-22-15-5-14(18-10(2)19-15)21-6-11(12(16)7-21)13-8-20(3)9-17-13/h5,8-9,11-12H,4,6-7,16H2,1-3H3/t11-,12-/m1/s1. The highest BCUT2D eigenvalue weighted by molar-refractivity contribution is 5.45. The van der Waals surface area contributed by atoms with Gasteiger partial charge in [0.2, 0.25) is 5.88 Å². The smallest absolute Gasteiger partial charge is 0.218 e. The van der Waals surface area contributed by atoms with Crippen LogP contribution in [-0.4, -0.2) is 45.3 Å². The van der Waals surface area contributed by atoms with Crippen molar-refractivity contribution in [1.29, 1.82) is 0 Å². The predicted octanol–water partition coefficient (Wildman–Crippen LogP) is 0.848. The highest BCUT2D eigenvalue weighted by Crippen LogP contribution is 2.29. The lowest BCUT2D eigenvalue weighted by atomic mass is 10.0. The number of nitrogens with zero attached hydrogens (tertiary/aromatic N) is 5. The third-order valence-electron chi connectivity index (χ3n) is 3.89. The lowest BCUT2D eigenvalue weighted by Gasteiger charge is -2.18. The van der Waals surface area contributed by atoms with Crippen LogP contribution in [0, 0.1) is 6.92 Å². The summed E-state index contributed by atoms with van der Waals surface area (Å²) in [6, 6.07) is 1.92. The van der Waals surface area contributed by atoms with Gasteiger partial charge in [-0.1, -0.05) is 0 Å². The fourth-order valence-corrected chi connectivity index (χ4v) is 2.86. The van der Waals surface area contributed by atoms with Crippen LogP contribution >= 0.6 is 0 Å². The van der Waals surface area contributed by atoms with Crippen molar-refractivity contribution in [2.75, 3.05) is 24.6 Å². The first-order chi connectivity index (χ1) is 10.6. The summed E-state index contributed by atoms with van der Waals surface area (Å²) in [6.45, 7) is 5.97. The van der Waals surface area contributed by atoms with E-state index < -0.39 is 0 Å². The van der Waals surface area contributed by atoms with E-state index in [1.54, 1.807) is 0 Å². The fourth-order valence-electron chi connectivity index (χ4n) is 2.86. The molecule has 22 heavy (non-hydrogen) atoms. The summed E-state index contributed by atoms with van der Waals surface area (Å²) >= 11 is 0. The topological polar surface area (TPSA) is 82.1 Å². The van der Waals surface area contributed by atoms with Gasteiger partial charge in [-0.25, -0.2) is 9.97 Å². The van der Waals surface area contributed by atoms with E-state index in [4.69, 9.17) is 10.5 Å². The maximum atomic E-state index is 6.32. The van der Waals surface area contributed by atoms with Crippen LogP contribution in [0.4, 0.5) is 5.82 Å². The van der Waals surface area contributed by atoms with Crippen LogP contribution in [0.3, 0.4) is 0 Å². The molecule has 0 aliphatic carbocycles. The molecule has 0 aromatic carbocycles. The van der Waals surface area contributed by atoms with Crippen molar-refractivity contribution in [2.24, 2.45) is 12.8 Å². The van der Waals surface area contributed by atoms with Gasteiger partial charge in [0, 0.05) is 44.4 Å². The molecule has 0 radical (unpaired) electrons. The summed E-state index contributed by atoms with van der Waals surface area (Å²) in [7, 11) is 1.97. The maximum absolute atomic E-state index is 6.32. The molecule has 1 aliphatic heterocycles. The van der Waals surface area contributed by atoms with Gasteiger partial charge in [0.15, 0.2) is 0 Å². The summed E-state index contributed by atoms with van der Waals surface area (Å²) in [4.78, 5) is 15.4.